The molecule has 0 bridgehead atoms. The van der Waals surface area contributed by atoms with E-state index < -0.39 is 12.0 Å². The highest BCUT2D eigenvalue weighted by molar-refractivity contribution is 5.95. The van der Waals surface area contributed by atoms with Crippen molar-refractivity contribution in [3.8, 4) is 11.5 Å². The van der Waals surface area contributed by atoms with Crippen molar-refractivity contribution in [2.45, 2.75) is 33.2 Å². The molecule has 1 heterocycles. The van der Waals surface area contributed by atoms with Crippen molar-refractivity contribution in [2.24, 2.45) is 0 Å². The maximum absolute atomic E-state index is 12.5. The summed E-state index contributed by atoms with van der Waals surface area (Å²) in [4.78, 5) is 24.4. The van der Waals surface area contributed by atoms with E-state index in [-0.39, 0.29) is 6.03 Å². The lowest BCUT2D eigenvalue weighted by Crippen LogP contribution is -2.45. The SMILES string of the molecule is CCCOC(=O)C1=C(C)NC(=O)N[C@H]1c1ccc(OCC)c(OC)c1. The number of hydrogen-bond acceptors (Lipinski definition) is 5. The Morgan fingerprint density at radius 2 is 2.00 bits per heavy atom. The molecule has 1 atom stereocenters. The van der Waals surface area contributed by atoms with Gasteiger partial charge in [0.15, 0.2) is 11.5 Å². The number of urea groups is 1. The molecule has 1 aromatic carbocycles. The molecule has 0 aliphatic carbocycles. The monoisotopic (exact) mass is 348 g/mol. The number of carbonyl (C=O) groups excluding carboxylic acids is 2. The molecule has 0 fully saturated rings. The van der Waals surface area contributed by atoms with Gasteiger partial charge in [-0.1, -0.05) is 13.0 Å². The van der Waals surface area contributed by atoms with Gasteiger partial charge in [-0.15, -0.1) is 0 Å². The van der Waals surface area contributed by atoms with Crippen LogP contribution in [0.3, 0.4) is 0 Å². The summed E-state index contributed by atoms with van der Waals surface area (Å²) in [6.07, 6.45) is 0.722. The standard InChI is InChI=1S/C18H24N2O5/c1-5-9-25-17(21)15-11(3)19-18(22)20-16(15)12-7-8-13(24-6-2)14(10-12)23-4/h7-8,10,16H,5-6,9H2,1-4H3,(H2,19,20,22)/t16-/m0/s1. The van der Waals surface area contributed by atoms with Gasteiger partial charge in [-0.2, -0.15) is 0 Å². The van der Waals surface area contributed by atoms with E-state index in [1.807, 2.05) is 13.8 Å². The molecule has 7 nitrogen and oxygen atoms in total. The third kappa shape index (κ3) is 4.23. The summed E-state index contributed by atoms with van der Waals surface area (Å²) in [5.41, 5.74) is 1.56. The first-order valence-corrected chi connectivity index (χ1v) is 8.27. The molecular formula is C18H24N2O5. The molecule has 0 aromatic heterocycles. The quantitative estimate of drug-likeness (QED) is 0.740. The fourth-order valence-electron chi connectivity index (χ4n) is 2.63. The van der Waals surface area contributed by atoms with Gasteiger partial charge in [0, 0.05) is 5.70 Å². The minimum Gasteiger partial charge on any atom is -0.493 e. The Hall–Kier alpha value is -2.70. The van der Waals surface area contributed by atoms with Crippen molar-refractivity contribution in [1.29, 1.82) is 0 Å². The molecular weight excluding hydrogens is 324 g/mol. The van der Waals surface area contributed by atoms with Gasteiger partial charge in [-0.25, -0.2) is 9.59 Å². The van der Waals surface area contributed by atoms with Crippen LogP contribution in [-0.2, 0) is 9.53 Å². The van der Waals surface area contributed by atoms with E-state index >= 15 is 0 Å². The van der Waals surface area contributed by atoms with E-state index in [4.69, 9.17) is 14.2 Å². The zero-order valence-electron chi connectivity index (χ0n) is 15.0. The second kappa shape index (κ2) is 8.41. The fraction of sp³-hybridized carbons (Fsp3) is 0.444. The molecule has 1 aliphatic heterocycles. The largest absolute Gasteiger partial charge is 0.493 e. The Balaban J connectivity index is 2.41. The Morgan fingerprint density at radius 3 is 2.64 bits per heavy atom. The molecule has 2 N–H and O–H groups in total. The van der Waals surface area contributed by atoms with Gasteiger partial charge < -0.3 is 24.8 Å². The van der Waals surface area contributed by atoms with E-state index in [0.29, 0.717) is 41.5 Å². The summed E-state index contributed by atoms with van der Waals surface area (Å²) in [5.74, 6) is 0.681. The first-order chi connectivity index (χ1) is 12.0. The Kier molecular flexibility index (Phi) is 6.27. The maximum atomic E-state index is 12.5. The van der Waals surface area contributed by atoms with Crippen LogP contribution in [0.15, 0.2) is 29.5 Å². The smallest absolute Gasteiger partial charge is 0.338 e. The second-order valence-corrected chi connectivity index (χ2v) is 5.55. The average molecular weight is 348 g/mol. The van der Waals surface area contributed by atoms with Gasteiger partial charge >= 0.3 is 12.0 Å². The fourth-order valence-corrected chi connectivity index (χ4v) is 2.63. The summed E-state index contributed by atoms with van der Waals surface area (Å²) in [7, 11) is 1.54. The van der Waals surface area contributed by atoms with Crippen LogP contribution in [0.5, 0.6) is 11.5 Å². The van der Waals surface area contributed by atoms with Gasteiger partial charge in [-0.3, -0.25) is 0 Å². The summed E-state index contributed by atoms with van der Waals surface area (Å²) in [6, 6.07) is 4.31. The molecule has 2 rings (SSSR count). The first kappa shape index (κ1) is 18.6. The van der Waals surface area contributed by atoms with Crippen LogP contribution in [0.2, 0.25) is 0 Å². The molecule has 0 unspecified atom stereocenters. The lowest BCUT2D eigenvalue weighted by Gasteiger charge is -2.28. The zero-order chi connectivity index (χ0) is 18.4. The van der Waals surface area contributed by atoms with Crippen molar-refractivity contribution in [3.63, 3.8) is 0 Å². The molecule has 1 aromatic rings. The second-order valence-electron chi connectivity index (χ2n) is 5.55. The minimum absolute atomic E-state index is 0.322. The number of rotatable bonds is 7. The average Bonchev–Trinajstić information content (AvgIpc) is 2.59. The number of carbonyl (C=O) groups is 2. The highest BCUT2D eigenvalue weighted by Crippen LogP contribution is 2.34. The molecule has 136 valence electrons. The molecule has 0 saturated heterocycles. The summed E-state index contributed by atoms with van der Waals surface area (Å²) >= 11 is 0. The normalized spacial score (nSPS) is 16.8. The maximum Gasteiger partial charge on any atom is 0.338 e. The van der Waals surface area contributed by atoms with Gasteiger partial charge in [-0.05, 0) is 38.0 Å². The molecule has 1 aliphatic rings. The number of nitrogens with one attached hydrogen (secondary N) is 2. The number of methoxy groups -OCH3 is 1. The molecule has 0 spiro atoms. The summed E-state index contributed by atoms with van der Waals surface area (Å²) < 4.78 is 16.1. The molecule has 25 heavy (non-hydrogen) atoms. The van der Waals surface area contributed by atoms with Crippen molar-refractivity contribution in [3.05, 3.63) is 35.0 Å². The van der Waals surface area contributed by atoms with Crippen LogP contribution < -0.4 is 20.1 Å². The third-order valence-corrected chi connectivity index (χ3v) is 3.75. The van der Waals surface area contributed by atoms with Crippen molar-refractivity contribution >= 4 is 12.0 Å². The number of amides is 2. The van der Waals surface area contributed by atoms with Crippen molar-refractivity contribution < 1.29 is 23.8 Å². The van der Waals surface area contributed by atoms with Crippen LogP contribution in [0.1, 0.15) is 38.8 Å². The molecule has 0 saturated carbocycles. The van der Waals surface area contributed by atoms with E-state index in [1.54, 1.807) is 32.2 Å². The van der Waals surface area contributed by atoms with Gasteiger partial charge in [0.05, 0.1) is 31.9 Å². The number of allylic oxidation sites excluding steroid dienone is 1. The Morgan fingerprint density at radius 1 is 1.24 bits per heavy atom. The predicted molar refractivity (Wildman–Crippen MR) is 92.5 cm³/mol. The van der Waals surface area contributed by atoms with Crippen LogP contribution in [-0.4, -0.2) is 32.3 Å². The van der Waals surface area contributed by atoms with Crippen LogP contribution in [0.25, 0.3) is 0 Å². The summed E-state index contributed by atoms with van der Waals surface area (Å²) in [6.45, 7) is 6.31. The van der Waals surface area contributed by atoms with Crippen LogP contribution in [0, 0.1) is 0 Å². The molecule has 7 heteroatoms. The van der Waals surface area contributed by atoms with E-state index in [9.17, 15) is 9.59 Å². The lowest BCUT2D eigenvalue weighted by molar-refractivity contribution is -0.139. The number of ether oxygens (including phenoxy) is 3. The van der Waals surface area contributed by atoms with E-state index in [1.165, 1.54) is 0 Å². The van der Waals surface area contributed by atoms with Crippen molar-refractivity contribution in [1.82, 2.24) is 10.6 Å². The zero-order valence-corrected chi connectivity index (χ0v) is 15.0. The van der Waals surface area contributed by atoms with Crippen LogP contribution >= 0.6 is 0 Å². The van der Waals surface area contributed by atoms with Crippen molar-refractivity contribution in [2.75, 3.05) is 20.3 Å². The summed E-state index contributed by atoms with van der Waals surface area (Å²) in [5, 5.41) is 5.39. The third-order valence-electron chi connectivity index (χ3n) is 3.75. The van der Waals surface area contributed by atoms with E-state index in [0.717, 1.165) is 6.42 Å². The topological polar surface area (TPSA) is 85.9 Å². The van der Waals surface area contributed by atoms with Gasteiger partial charge in [0.25, 0.3) is 0 Å². The van der Waals surface area contributed by atoms with Gasteiger partial charge in [0.2, 0.25) is 0 Å². The highest BCUT2D eigenvalue weighted by Gasteiger charge is 2.32. The van der Waals surface area contributed by atoms with Gasteiger partial charge in [0.1, 0.15) is 0 Å². The minimum atomic E-state index is -0.623. The highest BCUT2D eigenvalue weighted by atomic mass is 16.5. The Labute approximate surface area is 147 Å². The number of esters is 1. The first-order valence-electron chi connectivity index (χ1n) is 8.27. The number of hydrogen-bond donors (Lipinski definition) is 2. The van der Waals surface area contributed by atoms with Crippen LogP contribution in [0.4, 0.5) is 4.79 Å². The lowest BCUT2D eigenvalue weighted by atomic mass is 9.95. The number of benzene rings is 1. The predicted octanol–water partition coefficient (Wildman–Crippen LogP) is 2.68. The Bertz CT molecular complexity index is 684. The van der Waals surface area contributed by atoms with E-state index in [2.05, 4.69) is 10.6 Å². The molecule has 0 radical (unpaired) electrons. The molecule has 2 amide bonds.